The molecule has 3 rings (SSSR count). The Hall–Kier alpha value is -0.940. The number of nitrogens with zero attached hydrogens (tertiary/aromatic N) is 1. The number of rotatable bonds is 2. The first kappa shape index (κ1) is 11.2. The second-order valence-electron chi connectivity index (χ2n) is 5.08. The first-order valence-electron chi connectivity index (χ1n) is 6.23. The van der Waals surface area contributed by atoms with Crippen LogP contribution in [0.15, 0.2) is 30.3 Å². The lowest BCUT2D eigenvalue weighted by Gasteiger charge is -2.24. The van der Waals surface area contributed by atoms with E-state index in [1.165, 1.54) is 5.56 Å². The summed E-state index contributed by atoms with van der Waals surface area (Å²) in [4.78, 5) is 2.43. The van der Waals surface area contributed by atoms with E-state index in [-0.39, 0.29) is 0 Å². The molecule has 0 radical (unpaired) electrons. The van der Waals surface area contributed by atoms with E-state index in [2.05, 4.69) is 46.9 Å². The predicted octanol–water partition coefficient (Wildman–Crippen LogP) is 0.302. The van der Waals surface area contributed by atoms with E-state index in [4.69, 9.17) is 0 Å². The summed E-state index contributed by atoms with van der Waals surface area (Å²) in [5.41, 5.74) is 7.44. The number of fused-ring (bicyclic) bond motifs is 1. The molecule has 4 nitrogen and oxygen atoms in total. The third kappa shape index (κ3) is 1.98. The number of hydrogen-bond donors (Lipinski definition) is 3. The van der Waals surface area contributed by atoms with Crippen LogP contribution in [0.25, 0.3) is 0 Å². The third-order valence-corrected chi connectivity index (χ3v) is 4.03. The highest BCUT2D eigenvalue weighted by Crippen LogP contribution is 2.29. The molecule has 1 aromatic carbocycles. The van der Waals surface area contributed by atoms with Gasteiger partial charge in [-0.05, 0) is 12.5 Å². The predicted molar refractivity (Wildman–Crippen MR) is 65.9 cm³/mol. The van der Waals surface area contributed by atoms with Gasteiger partial charge in [0.25, 0.3) is 0 Å². The van der Waals surface area contributed by atoms with E-state index in [9.17, 15) is 5.11 Å². The Morgan fingerprint density at radius 3 is 2.76 bits per heavy atom. The highest BCUT2D eigenvalue weighted by atomic mass is 16.3. The highest BCUT2D eigenvalue weighted by molar-refractivity contribution is 5.15. The van der Waals surface area contributed by atoms with Crippen LogP contribution >= 0.6 is 0 Å². The van der Waals surface area contributed by atoms with Crippen molar-refractivity contribution in [3.8, 4) is 0 Å². The zero-order valence-corrected chi connectivity index (χ0v) is 10.0. The highest BCUT2D eigenvalue weighted by Gasteiger charge is 2.46. The minimum absolute atomic E-state index is 0.300. The minimum Gasteiger partial charge on any atom is -0.377 e. The summed E-state index contributed by atoms with van der Waals surface area (Å²) >= 11 is 0. The molecule has 2 aliphatic heterocycles. The molecule has 2 heterocycles. The molecule has 2 saturated heterocycles. The topological polar surface area (TPSA) is 47.5 Å². The summed E-state index contributed by atoms with van der Waals surface area (Å²) in [5.74, 6) is 0.300. The molecule has 0 spiro atoms. The van der Waals surface area contributed by atoms with Crippen LogP contribution in [0, 0.1) is 5.92 Å². The monoisotopic (exact) mass is 233 g/mol. The van der Waals surface area contributed by atoms with Gasteiger partial charge < -0.3 is 5.11 Å². The molecule has 0 aromatic heterocycles. The maximum atomic E-state index is 9.80. The van der Waals surface area contributed by atoms with Crippen LogP contribution in [0.5, 0.6) is 0 Å². The average molecular weight is 233 g/mol. The molecule has 4 atom stereocenters. The molecule has 0 aliphatic carbocycles. The number of aliphatic hydroxyl groups is 1. The van der Waals surface area contributed by atoms with Crippen molar-refractivity contribution in [1.82, 2.24) is 15.8 Å². The van der Waals surface area contributed by atoms with Crippen molar-refractivity contribution in [2.45, 2.75) is 31.8 Å². The maximum Gasteiger partial charge on any atom is 0.122 e. The molecule has 17 heavy (non-hydrogen) atoms. The fraction of sp³-hybridized carbons (Fsp3) is 0.538. The van der Waals surface area contributed by atoms with Crippen molar-refractivity contribution < 1.29 is 5.11 Å². The maximum absolute atomic E-state index is 9.80. The van der Waals surface area contributed by atoms with Gasteiger partial charge in [0.05, 0.1) is 0 Å². The molecule has 0 bridgehead atoms. The largest absolute Gasteiger partial charge is 0.377 e. The van der Waals surface area contributed by atoms with Gasteiger partial charge in [0.15, 0.2) is 0 Å². The lowest BCUT2D eigenvalue weighted by Crippen LogP contribution is -2.43. The van der Waals surface area contributed by atoms with Crippen molar-refractivity contribution >= 4 is 0 Å². The van der Waals surface area contributed by atoms with Gasteiger partial charge in [0, 0.05) is 31.1 Å². The van der Waals surface area contributed by atoms with Gasteiger partial charge in [-0.25, -0.2) is 5.43 Å². The van der Waals surface area contributed by atoms with E-state index in [1.807, 2.05) is 6.07 Å². The number of aliphatic hydroxyl groups excluding tert-OH is 1. The zero-order valence-electron chi connectivity index (χ0n) is 10.0. The Morgan fingerprint density at radius 2 is 2.06 bits per heavy atom. The summed E-state index contributed by atoms with van der Waals surface area (Å²) in [5, 5.41) is 9.80. The van der Waals surface area contributed by atoms with Crippen molar-refractivity contribution in [3.05, 3.63) is 35.9 Å². The third-order valence-electron chi connectivity index (χ3n) is 4.03. The van der Waals surface area contributed by atoms with Gasteiger partial charge in [0.2, 0.25) is 0 Å². The lowest BCUT2D eigenvalue weighted by atomic mass is 10.0. The summed E-state index contributed by atoms with van der Waals surface area (Å²) in [6.45, 7) is 4.13. The summed E-state index contributed by atoms with van der Waals surface area (Å²) in [7, 11) is 0. The van der Waals surface area contributed by atoms with E-state index in [0.29, 0.717) is 18.0 Å². The standard InChI is InChI=1S/C13H19N3O/c1-9-12-11(13(17)15-14-12)8-16(9)7-10-5-3-2-4-6-10/h2-6,9,11-15,17H,7-8H2,1H3. The quantitative estimate of drug-likeness (QED) is 0.688. The molecule has 4 heteroatoms. The van der Waals surface area contributed by atoms with Crippen LogP contribution in [0.3, 0.4) is 0 Å². The lowest BCUT2D eigenvalue weighted by molar-refractivity contribution is 0.101. The first-order valence-corrected chi connectivity index (χ1v) is 6.23. The van der Waals surface area contributed by atoms with Crippen LogP contribution in [-0.2, 0) is 6.54 Å². The molecule has 0 saturated carbocycles. The van der Waals surface area contributed by atoms with Crippen LogP contribution in [0.4, 0.5) is 0 Å². The van der Waals surface area contributed by atoms with Gasteiger partial charge in [-0.2, -0.15) is 0 Å². The number of likely N-dealkylation sites (tertiary alicyclic amines) is 1. The molecule has 4 unspecified atom stereocenters. The molecule has 0 amide bonds. The average Bonchev–Trinajstić information content (AvgIpc) is 2.84. The summed E-state index contributed by atoms with van der Waals surface area (Å²) in [6.07, 6.45) is -0.414. The molecule has 2 fully saturated rings. The zero-order chi connectivity index (χ0) is 11.8. The first-order chi connectivity index (χ1) is 8.25. The fourth-order valence-corrected chi connectivity index (χ4v) is 2.97. The second kappa shape index (κ2) is 4.38. The Kier molecular flexibility index (Phi) is 2.88. The second-order valence-corrected chi connectivity index (χ2v) is 5.08. The van der Waals surface area contributed by atoms with Gasteiger partial charge in [0.1, 0.15) is 6.23 Å². The van der Waals surface area contributed by atoms with Crippen molar-refractivity contribution in [2.24, 2.45) is 5.92 Å². The Bertz CT molecular complexity index is 384. The normalized spacial score (nSPS) is 37.3. The van der Waals surface area contributed by atoms with Crippen LogP contribution in [0.2, 0.25) is 0 Å². The molecule has 92 valence electrons. The van der Waals surface area contributed by atoms with Crippen molar-refractivity contribution in [2.75, 3.05) is 6.54 Å². The van der Waals surface area contributed by atoms with E-state index in [0.717, 1.165) is 13.1 Å². The SMILES string of the molecule is CC1C2NNC(O)C2CN1Cc1ccccc1. The molecule has 2 aliphatic rings. The smallest absolute Gasteiger partial charge is 0.122 e. The van der Waals surface area contributed by atoms with Gasteiger partial charge in [-0.15, -0.1) is 0 Å². The van der Waals surface area contributed by atoms with Gasteiger partial charge in [-0.1, -0.05) is 30.3 Å². The van der Waals surface area contributed by atoms with Crippen molar-refractivity contribution in [3.63, 3.8) is 0 Å². The number of hydrazine groups is 1. The molecule has 1 aromatic rings. The van der Waals surface area contributed by atoms with Gasteiger partial charge >= 0.3 is 0 Å². The van der Waals surface area contributed by atoms with E-state index < -0.39 is 6.23 Å². The number of benzene rings is 1. The fourth-order valence-electron chi connectivity index (χ4n) is 2.97. The minimum atomic E-state index is -0.414. The van der Waals surface area contributed by atoms with E-state index >= 15 is 0 Å². The summed E-state index contributed by atoms with van der Waals surface area (Å²) < 4.78 is 0. The molecular weight excluding hydrogens is 214 g/mol. The summed E-state index contributed by atoms with van der Waals surface area (Å²) in [6, 6.07) is 11.3. The number of nitrogens with one attached hydrogen (secondary N) is 2. The van der Waals surface area contributed by atoms with Gasteiger partial charge in [-0.3, -0.25) is 10.3 Å². The Morgan fingerprint density at radius 1 is 1.29 bits per heavy atom. The van der Waals surface area contributed by atoms with Crippen LogP contribution in [-0.4, -0.2) is 34.9 Å². The molecular formula is C13H19N3O. The Balaban J connectivity index is 1.70. The number of hydrogen-bond acceptors (Lipinski definition) is 4. The molecule has 3 N–H and O–H groups in total. The van der Waals surface area contributed by atoms with Crippen molar-refractivity contribution in [1.29, 1.82) is 0 Å². The Labute approximate surface area is 102 Å². The van der Waals surface area contributed by atoms with E-state index in [1.54, 1.807) is 0 Å². The van der Waals surface area contributed by atoms with Crippen LogP contribution in [0.1, 0.15) is 12.5 Å². The van der Waals surface area contributed by atoms with Crippen LogP contribution < -0.4 is 10.9 Å².